The van der Waals surface area contributed by atoms with Crippen molar-refractivity contribution in [1.82, 2.24) is 4.90 Å². The van der Waals surface area contributed by atoms with Gasteiger partial charge in [0.2, 0.25) is 5.91 Å². The van der Waals surface area contributed by atoms with E-state index in [2.05, 4.69) is 0 Å². The molecule has 0 bridgehead atoms. The number of hydrogen-bond acceptors (Lipinski definition) is 2. The molecule has 0 aromatic rings. The zero-order chi connectivity index (χ0) is 11.7. The Morgan fingerprint density at radius 3 is 2.20 bits per heavy atom. The van der Waals surface area contributed by atoms with Crippen molar-refractivity contribution < 1.29 is 4.79 Å². The van der Waals surface area contributed by atoms with E-state index in [1.165, 1.54) is 19.3 Å². The van der Waals surface area contributed by atoms with E-state index in [1.54, 1.807) is 0 Å². The van der Waals surface area contributed by atoms with Crippen molar-refractivity contribution in [1.29, 1.82) is 0 Å². The Kier molecular flexibility index (Phi) is 3.44. The van der Waals surface area contributed by atoms with Crippen LogP contribution in [0.25, 0.3) is 0 Å². The summed E-state index contributed by atoms with van der Waals surface area (Å²) >= 11 is 0. The van der Waals surface area contributed by atoms with Crippen LogP contribution in [0.1, 0.15) is 40.0 Å². The predicted octanol–water partition coefficient (Wildman–Crippen LogP) is 1.62. The molecular weight excluding hydrogens is 188 g/mol. The molecule has 0 aromatic carbocycles. The summed E-state index contributed by atoms with van der Waals surface area (Å²) in [7, 11) is 1.89. The summed E-state index contributed by atoms with van der Waals surface area (Å²) in [4.78, 5) is 13.8. The van der Waals surface area contributed by atoms with E-state index in [0.29, 0.717) is 6.54 Å². The van der Waals surface area contributed by atoms with Crippen molar-refractivity contribution in [2.24, 2.45) is 16.6 Å². The highest BCUT2D eigenvalue weighted by Crippen LogP contribution is 2.40. The van der Waals surface area contributed by atoms with Crippen molar-refractivity contribution >= 4 is 5.91 Å². The molecule has 1 aliphatic rings. The van der Waals surface area contributed by atoms with Gasteiger partial charge < -0.3 is 10.6 Å². The molecule has 1 aliphatic carbocycles. The molecule has 0 unspecified atom stereocenters. The van der Waals surface area contributed by atoms with E-state index in [-0.39, 0.29) is 16.7 Å². The summed E-state index contributed by atoms with van der Waals surface area (Å²) in [5.41, 5.74) is 5.72. The van der Waals surface area contributed by atoms with Crippen LogP contribution in [0.15, 0.2) is 0 Å². The average Bonchev–Trinajstić information content (AvgIpc) is 2.08. The van der Waals surface area contributed by atoms with Gasteiger partial charge >= 0.3 is 0 Å². The topological polar surface area (TPSA) is 46.3 Å². The lowest BCUT2D eigenvalue weighted by Crippen LogP contribution is -2.49. The van der Waals surface area contributed by atoms with E-state index in [1.807, 2.05) is 32.7 Å². The van der Waals surface area contributed by atoms with Gasteiger partial charge in [0.05, 0.1) is 0 Å². The maximum atomic E-state index is 12.0. The number of carbonyl (C=O) groups is 1. The lowest BCUT2D eigenvalue weighted by Gasteiger charge is -2.44. The van der Waals surface area contributed by atoms with Crippen molar-refractivity contribution in [3.8, 4) is 0 Å². The van der Waals surface area contributed by atoms with Crippen molar-refractivity contribution in [3.05, 3.63) is 0 Å². The van der Waals surface area contributed by atoms with E-state index >= 15 is 0 Å². The van der Waals surface area contributed by atoms with Crippen LogP contribution in [0, 0.1) is 10.8 Å². The highest BCUT2D eigenvalue weighted by molar-refractivity contribution is 5.81. The molecule has 3 nitrogen and oxygen atoms in total. The minimum absolute atomic E-state index is 0.210. The fourth-order valence-electron chi connectivity index (χ4n) is 2.25. The molecule has 0 radical (unpaired) electrons. The molecule has 3 heteroatoms. The molecule has 2 N–H and O–H groups in total. The number of nitrogens with zero attached hydrogens (tertiary/aromatic N) is 1. The molecule has 15 heavy (non-hydrogen) atoms. The molecule has 1 rings (SSSR count). The lowest BCUT2D eigenvalue weighted by molar-refractivity contribution is -0.140. The Morgan fingerprint density at radius 2 is 1.93 bits per heavy atom. The van der Waals surface area contributed by atoms with Crippen LogP contribution in [0.3, 0.4) is 0 Å². The van der Waals surface area contributed by atoms with Gasteiger partial charge in [-0.25, -0.2) is 0 Å². The van der Waals surface area contributed by atoms with Crippen LogP contribution in [0.4, 0.5) is 0 Å². The van der Waals surface area contributed by atoms with Crippen LogP contribution in [-0.4, -0.2) is 30.9 Å². The summed E-state index contributed by atoms with van der Waals surface area (Å²) in [6.07, 6.45) is 3.60. The molecule has 1 fully saturated rings. The first-order valence-electron chi connectivity index (χ1n) is 5.76. The molecule has 0 heterocycles. The number of rotatable bonds is 3. The van der Waals surface area contributed by atoms with Crippen molar-refractivity contribution in [3.63, 3.8) is 0 Å². The van der Waals surface area contributed by atoms with Gasteiger partial charge in [-0.2, -0.15) is 0 Å². The SMILES string of the molecule is CN(CC1(CN)CCC1)C(=O)C(C)(C)C. The van der Waals surface area contributed by atoms with E-state index in [0.717, 1.165) is 6.54 Å². The Bertz CT molecular complexity index is 233. The third-order valence-corrected chi connectivity index (χ3v) is 3.41. The zero-order valence-electron chi connectivity index (χ0n) is 10.5. The first-order chi connectivity index (χ1) is 6.81. The Balaban J connectivity index is 2.55. The Morgan fingerprint density at radius 1 is 1.40 bits per heavy atom. The summed E-state index contributed by atoms with van der Waals surface area (Å²) < 4.78 is 0. The van der Waals surface area contributed by atoms with Crippen LogP contribution in [0.2, 0.25) is 0 Å². The minimum atomic E-state index is -0.283. The summed E-state index contributed by atoms with van der Waals surface area (Å²) in [5.74, 6) is 0.210. The predicted molar refractivity (Wildman–Crippen MR) is 62.4 cm³/mol. The summed E-state index contributed by atoms with van der Waals surface area (Å²) in [5, 5.41) is 0. The molecule has 88 valence electrons. The van der Waals surface area contributed by atoms with Crippen molar-refractivity contribution in [2.45, 2.75) is 40.0 Å². The van der Waals surface area contributed by atoms with Crippen LogP contribution >= 0.6 is 0 Å². The zero-order valence-corrected chi connectivity index (χ0v) is 10.5. The molecule has 0 saturated heterocycles. The molecule has 0 atom stereocenters. The standard InChI is InChI=1S/C12H24N2O/c1-11(2,3)10(15)14(4)9-12(8-13)6-5-7-12/h5-9,13H2,1-4H3. The van der Waals surface area contributed by atoms with E-state index in [9.17, 15) is 4.79 Å². The highest BCUT2D eigenvalue weighted by Gasteiger charge is 2.38. The molecule has 0 spiro atoms. The Hall–Kier alpha value is -0.570. The Labute approximate surface area is 93.0 Å². The van der Waals surface area contributed by atoms with Gasteiger partial charge in [-0.1, -0.05) is 27.2 Å². The monoisotopic (exact) mass is 212 g/mol. The third-order valence-electron chi connectivity index (χ3n) is 3.41. The van der Waals surface area contributed by atoms with E-state index in [4.69, 9.17) is 5.73 Å². The van der Waals surface area contributed by atoms with Gasteiger partial charge in [-0.15, -0.1) is 0 Å². The first kappa shape index (κ1) is 12.5. The number of carbonyl (C=O) groups excluding carboxylic acids is 1. The van der Waals surface area contributed by atoms with Gasteiger partial charge in [0.1, 0.15) is 0 Å². The second-order valence-corrected chi connectivity index (χ2v) is 5.97. The number of hydrogen-bond donors (Lipinski definition) is 1. The molecule has 1 saturated carbocycles. The smallest absolute Gasteiger partial charge is 0.227 e. The quantitative estimate of drug-likeness (QED) is 0.772. The highest BCUT2D eigenvalue weighted by atomic mass is 16.2. The van der Waals surface area contributed by atoms with Gasteiger partial charge in [0, 0.05) is 24.4 Å². The first-order valence-corrected chi connectivity index (χ1v) is 5.76. The van der Waals surface area contributed by atoms with Gasteiger partial charge in [-0.05, 0) is 19.4 Å². The van der Waals surface area contributed by atoms with Gasteiger partial charge in [0.25, 0.3) is 0 Å². The maximum Gasteiger partial charge on any atom is 0.227 e. The number of amides is 1. The summed E-state index contributed by atoms with van der Waals surface area (Å²) in [6, 6.07) is 0. The van der Waals surface area contributed by atoms with E-state index < -0.39 is 0 Å². The molecule has 0 aliphatic heterocycles. The number of nitrogens with two attached hydrogens (primary N) is 1. The van der Waals surface area contributed by atoms with Gasteiger partial charge in [0.15, 0.2) is 0 Å². The second-order valence-electron chi connectivity index (χ2n) is 5.97. The normalized spacial score (nSPS) is 19.5. The second kappa shape index (κ2) is 4.12. The molecular formula is C12H24N2O. The van der Waals surface area contributed by atoms with Crippen molar-refractivity contribution in [2.75, 3.05) is 20.1 Å². The van der Waals surface area contributed by atoms with Gasteiger partial charge in [-0.3, -0.25) is 4.79 Å². The summed E-state index contributed by atoms with van der Waals surface area (Å²) in [6.45, 7) is 7.40. The molecule has 1 amide bonds. The maximum absolute atomic E-state index is 12.0. The minimum Gasteiger partial charge on any atom is -0.345 e. The van der Waals surface area contributed by atoms with Crippen LogP contribution in [-0.2, 0) is 4.79 Å². The largest absolute Gasteiger partial charge is 0.345 e. The van der Waals surface area contributed by atoms with Crippen LogP contribution < -0.4 is 5.73 Å². The third kappa shape index (κ3) is 2.71. The lowest BCUT2D eigenvalue weighted by atomic mass is 9.68. The fourth-order valence-corrected chi connectivity index (χ4v) is 2.25. The average molecular weight is 212 g/mol. The molecule has 0 aromatic heterocycles. The fraction of sp³-hybridized carbons (Fsp3) is 0.917. The van der Waals surface area contributed by atoms with Crippen LogP contribution in [0.5, 0.6) is 0 Å².